The number of carbonyl (C=O) groups excluding carboxylic acids is 2. The van der Waals surface area contributed by atoms with Gasteiger partial charge in [0.25, 0.3) is 0 Å². The minimum Gasteiger partial charge on any atom is -0.340 e. The third-order valence-electron chi connectivity index (χ3n) is 6.53. The van der Waals surface area contributed by atoms with E-state index in [1.807, 2.05) is 46.2 Å². The number of hydrogen-bond donors (Lipinski definition) is 0. The maximum absolute atomic E-state index is 13.0. The predicted molar refractivity (Wildman–Crippen MR) is 123 cm³/mol. The number of nitrogens with zero attached hydrogens (tertiary/aromatic N) is 3. The Morgan fingerprint density at radius 1 is 1.06 bits per heavy atom. The lowest BCUT2D eigenvalue weighted by molar-refractivity contribution is -0.135. The summed E-state index contributed by atoms with van der Waals surface area (Å²) < 4.78 is 1.17. The molecule has 5 rings (SSSR count). The highest BCUT2D eigenvalue weighted by Crippen LogP contribution is 2.32. The van der Waals surface area contributed by atoms with Crippen molar-refractivity contribution in [1.29, 1.82) is 0 Å². The van der Waals surface area contributed by atoms with Crippen LogP contribution in [0.15, 0.2) is 54.6 Å². The van der Waals surface area contributed by atoms with Crippen molar-refractivity contribution in [2.24, 2.45) is 5.92 Å². The fourth-order valence-corrected chi connectivity index (χ4v) is 5.89. The highest BCUT2D eigenvalue weighted by Gasteiger charge is 2.41. The second-order valence-electron chi connectivity index (χ2n) is 8.60. The van der Waals surface area contributed by atoms with Crippen molar-refractivity contribution in [2.45, 2.75) is 44.7 Å². The van der Waals surface area contributed by atoms with Crippen LogP contribution in [0.4, 0.5) is 0 Å². The SMILES string of the molecule is O=C(CCc1nc2ccccc2s1)N1C[C@H]2CCCC(=O)N(Cc3ccccc3)[C@H]2C1. The van der Waals surface area contributed by atoms with E-state index >= 15 is 0 Å². The molecule has 0 radical (unpaired) electrons. The van der Waals surface area contributed by atoms with Crippen LogP contribution in [0, 0.1) is 5.92 Å². The standard InChI is InChI=1S/C25H27N3O2S/c29-24(14-13-23-26-20-10-4-5-11-22(20)31-23)27-16-19-9-6-12-25(30)28(21(19)17-27)15-18-7-2-1-3-8-18/h1-5,7-8,10-11,19,21H,6,9,12-17H2/t19-,21+/m1/s1. The molecule has 0 N–H and O–H groups in total. The molecular weight excluding hydrogens is 406 g/mol. The zero-order chi connectivity index (χ0) is 21.2. The lowest BCUT2D eigenvalue weighted by Crippen LogP contribution is -2.43. The van der Waals surface area contributed by atoms with Gasteiger partial charge in [0, 0.05) is 38.9 Å². The maximum atomic E-state index is 13.0. The van der Waals surface area contributed by atoms with Gasteiger partial charge < -0.3 is 9.80 Å². The largest absolute Gasteiger partial charge is 0.340 e. The molecule has 0 saturated carbocycles. The number of thiazole rings is 1. The van der Waals surface area contributed by atoms with Crippen LogP contribution in [0.5, 0.6) is 0 Å². The first-order valence-corrected chi connectivity index (χ1v) is 11.9. The van der Waals surface area contributed by atoms with Crippen molar-refractivity contribution >= 4 is 33.4 Å². The molecule has 3 aromatic rings. The van der Waals surface area contributed by atoms with Crippen molar-refractivity contribution in [3.63, 3.8) is 0 Å². The first kappa shape index (κ1) is 20.2. The Balaban J connectivity index is 1.25. The Morgan fingerprint density at radius 3 is 2.71 bits per heavy atom. The summed E-state index contributed by atoms with van der Waals surface area (Å²) >= 11 is 1.67. The number of fused-ring (bicyclic) bond motifs is 2. The van der Waals surface area contributed by atoms with Crippen molar-refractivity contribution in [3.8, 4) is 0 Å². The molecule has 0 aliphatic carbocycles. The van der Waals surface area contributed by atoms with E-state index in [0.29, 0.717) is 38.3 Å². The van der Waals surface area contributed by atoms with Gasteiger partial charge >= 0.3 is 0 Å². The number of aryl methyl sites for hydroxylation is 1. The lowest BCUT2D eigenvalue weighted by Gasteiger charge is -2.30. The summed E-state index contributed by atoms with van der Waals surface area (Å²) in [6, 6.07) is 18.4. The van der Waals surface area contributed by atoms with E-state index in [2.05, 4.69) is 23.2 Å². The first-order chi connectivity index (χ1) is 15.2. The minimum atomic E-state index is 0.126. The molecule has 160 valence electrons. The number of likely N-dealkylation sites (tertiary alicyclic amines) is 2. The highest BCUT2D eigenvalue weighted by atomic mass is 32.1. The van der Waals surface area contributed by atoms with Crippen molar-refractivity contribution in [2.75, 3.05) is 13.1 Å². The molecule has 2 fully saturated rings. The van der Waals surface area contributed by atoms with Crippen LogP contribution in [-0.2, 0) is 22.6 Å². The molecule has 2 aliphatic rings. The summed E-state index contributed by atoms with van der Waals surface area (Å²) in [6.07, 6.45) is 3.70. The monoisotopic (exact) mass is 433 g/mol. The number of aromatic nitrogens is 1. The van der Waals surface area contributed by atoms with Crippen LogP contribution in [-0.4, -0.2) is 45.7 Å². The average molecular weight is 434 g/mol. The van der Waals surface area contributed by atoms with Gasteiger partial charge in [-0.2, -0.15) is 0 Å². The van der Waals surface area contributed by atoms with Crippen molar-refractivity contribution in [3.05, 3.63) is 65.2 Å². The quantitative estimate of drug-likeness (QED) is 0.604. The fourth-order valence-electron chi connectivity index (χ4n) is 4.92. The highest BCUT2D eigenvalue weighted by molar-refractivity contribution is 7.18. The molecule has 2 aromatic carbocycles. The van der Waals surface area contributed by atoms with E-state index < -0.39 is 0 Å². The van der Waals surface area contributed by atoms with E-state index in [9.17, 15) is 9.59 Å². The molecule has 2 atom stereocenters. The molecule has 2 amide bonds. The van der Waals surface area contributed by atoms with Gasteiger partial charge in [0.2, 0.25) is 11.8 Å². The number of benzene rings is 2. The van der Waals surface area contributed by atoms with E-state index in [0.717, 1.165) is 35.5 Å². The second-order valence-corrected chi connectivity index (χ2v) is 9.72. The van der Waals surface area contributed by atoms with Gasteiger partial charge in [-0.05, 0) is 36.5 Å². The number of rotatable bonds is 5. The van der Waals surface area contributed by atoms with Gasteiger partial charge in [-0.15, -0.1) is 11.3 Å². The third kappa shape index (κ3) is 4.35. The molecule has 0 bridgehead atoms. The Kier molecular flexibility index (Phi) is 5.72. The fraction of sp³-hybridized carbons (Fsp3) is 0.400. The average Bonchev–Trinajstić information content (AvgIpc) is 3.37. The normalized spacial score (nSPS) is 21.4. The van der Waals surface area contributed by atoms with E-state index in [-0.39, 0.29) is 17.9 Å². The Hall–Kier alpha value is -2.73. The molecule has 2 aliphatic heterocycles. The van der Waals surface area contributed by atoms with Crippen LogP contribution in [0.3, 0.4) is 0 Å². The van der Waals surface area contributed by atoms with Crippen LogP contribution >= 0.6 is 11.3 Å². The summed E-state index contributed by atoms with van der Waals surface area (Å²) in [7, 11) is 0. The Bertz CT molecular complexity index is 1050. The van der Waals surface area contributed by atoms with Gasteiger partial charge in [0.15, 0.2) is 0 Å². The van der Waals surface area contributed by atoms with Crippen LogP contribution in [0.25, 0.3) is 10.2 Å². The topological polar surface area (TPSA) is 53.5 Å². The molecule has 5 nitrogen and oxygen atoms in total. The number of para-hydroxylation sites is 1. The Morgan fingerprint density at radius 2 is 1.87 bits per heavy atom. The second kappa shape index (κ2) is 8.79. The number of amides is 2. The van der Waals surface area contributed by atoms with Gasteiger partial charge in [-0.25, -0.2) is 4.98 Å². The molecule has 31 heavy (non-hydrogen) atoms. The molecule has 2 saturated heterocycles. The van der Waals surface area contributed by atoms with E-state index in [1.165, 1.54) is 4.70 Å². The summed E-state index contributed by atoms with van der Waals surface area (Å²) in [6.45, 7) is 2.05. The summed E-state index contributed by atoms with van der Waals surface area (Å²) in [5.41, 5.74) is 2.16. The van der Waals surface area contributed by atoms with Gasteiger partial charge in [-0.1, -0.05) is 42.5 Å². The molecule has 0 unspecified atom stereocenters. The minimum absolute atomic E-state index is 0.126. The zero-order valence-electron chi connectivity index (χ0n) is 17.6. The van der Waals surface area contributed by atoms with Gasteiger partial charge in [-0.3, -0.25) is 9.59 Å². The molecule has 0 spiro atoms. The molecule has 3 heterocycles. The van der Waals surface area contributed by atoms with E-state index in [4.69, 9.17) is 0 Å². The van der Waals surface area contributed by atoms with Gasteiger partial charge in [0.1, 0.15) is 0 Å². The van der Waals surface area contributed by atoms with Gasteiger partial charge in [0.05, 0.1) is 21.3 Å². The van der Waals surface area contributed by atoms with E-state index in [1.54, 1.807) is 11.3 Å². The smallest absolute Gasteiger partial charge is 0.223 e. The maximum Gasteiger partial charge on any atom is 0.223 e. The number of carbonyl (C=O) groups is 2. The summed E-state index contributed by atoms with van der Waals surface area (Å²) in [5.74, 6) is 0.779. The van der Waals surface area contributed by atoms with Crippen LogP contribution in [0.1, 0.15) is 36.3 Å². The third-order valence-corrected chi connectivity index (χ3v) is 7.63. The van der Waals surface area contributed by atoms with Crippen LogP contribution < -0.4 is 0 Å². The first-order valence-electron chi connectivity index (χ1n) is 11.1. The zero-order valence-corrected chi connectivity index (χ0v) is 18.4. The molecule has 6 heteroatoms. The number of hydrogen-bond acceptors (Lipinski definition) is 4. The van der Waals surface area contributed by atoms with Crippen LogP contribution in [0.2, 0.25) is 0 Å². The van der Waals surface area contributed by atoms with Crippen molar-refractivity contribution in [1.82, 2.24) is 14.8 Å². The summed E-state index contributed by atoms with van der Waals surface area (Å²) in [4.78, 5) is 34.5. The lowest BCUT2D eigenvalue weighted by atomic mass is 9.98. The molecule has 1 aromatic heterocycles. The summed E-state index contributed by atoms with van der Waals surface area (Å²) in [5, 5.41) is 1.02. The Labute approximate surface area is 186 Å². The molecular formula is C25H27N3O2S. The van der Waals surface area contributed by atoms with Crippen molar-refractivity contribution < 1.29 is 9.59 Å². The predicted octanol–water partition coefficient (Wildman–Crippen LogP) is 4.27.